The van der Waals surface area contributed by atoms with E-state index in [4.69, 9.17) is 4.74 Å². The van der Waals surface area contributed by atoms with Crippen LogP contribution in [0.3, 0.4) is 0 Å². The smallest absolute Gasteiger partial charge is 0.407 e. The van der Waals surface area contributed by atoms with E-state index in [-0.39, 0.29) is 33.6 Å². The molecule has 2 aromatic heterocycles. The van der Waals surface area contributed by atoms with Gasteiger partial charge in [-0.2, -0.15) is 0 Å². The Labute approximate surface area is 303 Å². The summed E-state index contributed by atoms with van der Waals surface area (Å²) in [5.74, 6) is -0.0428. The van der Waals surface area contributed by atoms with Crippen LogP contribution in [0.5, 0.6) is 0 Å². The van der Waals surface area contributed by atoms with Crippen molar-refractivity contribution in [3.63, 3.8) is 0 Å². The van der Waals surface area contributed by atoms with E-state index < -0.39 is 27.3 Å². The van der Waals surface area contributed by atoms with Gasteiger partial charge in [-0.05, 0) is 98.6 Å². The maximum Gasteiger partial charge on any atom is 0.407 e. The number of halogens is 2. The lowest BCUT2D eigenvalue weighted by Gasteiger charge is -2.51. The molecule has 1 aliphatic carbocycles. The third-order valence-electron chi connectivity index (χ3n) is 11.3. The van der Waals surface area contributed by atoms with Crippen LogP contribution >= 0.6 is 0 Å². The number of carbonyl (C=O) groups excluding carboxylic acids is 1. The zero-order valence-electron chi connectivity index (χ0n) is 29.3. The van der Waals surface area contributed by atoms with Crippen LogP contribution in [0.2, 0.25) is 0 Å². The minimum atomic E-state index is -3.87. The molecule has 2 aliphatic heterocycles. The van der Waals surface area contributed by atoms with Crippen LogP contribution in [-0.4, -0.2) is 96.3 Å². The lowest BCUT2D eigenvalue weighted by atomic mass is 9.64. The second-order valence-corrected chi connectivity index (χ2v) is 16.2. The molecule has 1 unspecified atom stereocenters. The van der Waals surface area contributed by atoms with Gasteiger partial charge >= 0.3 is 6.09 Å². The van der Waals surface area contributed by atoms with E-state index >= 15 is 0 Å². The van der Waals surface area contributed by atoms with Gasteiger partial charge in [-0.15, -0.1) is 0 Å². The molecule has 1 N–H and O–H groups in total. The van der Waals surface area contributed by atoms with Crippen molar-refractivity contribution < 1.29 is 26.7 Å². The average Bonchev–Trinajstić information content (AvgIpc) is 3.84. The van der Waals surface area contributed by atoms with Crippen LogP contribution in [0.25, 0.3) is 0 Å². The molecular weight excluding hydrogens is 689 g/mol. The van der Waals surface area contributed by atoms with Gasteiger partial charge in [0, 0.05) is 62.6 Å². The van der Waals surface area contributed by atoms with E-state index in [1.54, 1.807) is 18.3 Å². The van der Waals surface area contributed by atoms with E-state index in [0.717, 1.165) is 89.1 Å². The second-order valence-electron chi connectivity index (χ2n) is 14.3. The third kappa shape index (κ3) is 7.33. The highest BCUT2D eigenvalue weighted by Gasteiger charge is 2.53. The van der Waals surface area contributed by atoms with E-state index in [9.17, 15) is 22.0 Å². The fourth-order valence-corrected chi connectivity index (χ4v) is 10.2. The number of methoxy groups -OCH3 is 1. The molecule has 3 fully saturated rings. The number of piperidine rings is 1. The Morgan fingerprint density at radius 3 is 2.48 bits per heavy atom. The van der Waals surface area contributed by atoms with Crippen LogP contribution in [0.4, 0.5) is 13.6 Å². The number of imidazole rings is 1. The molecule has 3 atom stereocenters. The summed E-state index contributed by atoms with van der Waals surface area (Å²) in [6.45, 7) is 5.50. The van der Waals surface area contributed by atoms with Gasteiger partial charge in [0.25, 0.3) is 0 Å². The number of likely N-dealkylation sites (tertiary alicyclic amines) is 2. The number of benzene rings is 2. The number of aromatic nitrogens is 4. The summed E-state index contributed by atoms with van der Waals surface area (Å²) < 4.78 is 61.5. The van der Waals surface area contributed by atoms with Crippen molar-refractivity contribution in [2.75, 3.05) is 46.4 Å². The average molecular weight is 734 g/mol. The van der Waals surface area contributed by atoms with Crippen molar-refractivity contribution in [1.82, 2.24) is 34.6 Å². The zero-order valence-corrected chi connectivity index (χ0v) is 30.1. The van der Waals surface area contributed by atoms with Gasteiger partial charge in [-0.1, -0.05) is 18.6 Å². The quantitative estimate of drug-likeness (QED) is 0.160. The maximum atomic E-state index is 15.0. The Morgan fingerprint density at radius 1 is 0.981 bits per heavy atom. The summed E-state index contributed by atoms with van der Waals surface area (Å²) in [6.07, 6.45) is 11.5. The molecule has 2 aromatic carbocycles. The highest BCUT2D eigenvalue weighted by molar-refractivity contribution is 7.91. The number of amides is 1. The summed E-state index contributed by atoms with van der Waals surface area (Å²) in [5.41, 5.74) is 0.956. The van der Waals surface area contributed by atoms with Gasteiger partial charge in [0.1, 0.15) is 18.0 Å². The monoisotopic (exact) mass is 733 g/mol. The van der Waals surface area contributed by atoms with Gasteiger partial charge < -0.3 is 24.4 Å². The number of alkyl carbamates (subject to hydrolysis) is 1. The Kier molecular flexibility index (Phi) is 10.7. The number of carbonyl (C=O) groups is 1. The van der Waals surface area contributed by atoms with Crippen molar-refractivity contribution >= 4 is 15.9 Å². The fraction of sp³-hybridized carbons (Fsp3) is 0.474. The lowest BCUT2D eigenvalue weighted by molar-refractivity contribution is 0.0255. The van der Waals surface area contributed by atoms with Gasteiger partial charge in [0.15, 0.2) is 5.03 Å². The molecule has 276 valence electrons. The number of hydrogen-bond acceptors (Lipinski definition) is 9. The third-order valence-corrected chi connectivity index (χ3v) is 13.0. The molecule has 1 saturated carbocycles. The van der Waals surface area contributed by atoms with E-state index in [1.165, 1.54) is 37.7 Å². The predicted molar refractivity (Wildman–Crippen MR) is 189 cm³/mol. The molecule has 0 spiro atoms. The zero-order chi connectivity index (χ0) is 36.3. The molecule has 2 saturated heterocycles. The summed E-state index contributed by atoms with van der Waals surface area (Å²) in [5, 5.41) is 3.02. The Bertz CT molecular complexity index is 1930. The molecule has 52 heavy (non-hydrogen) atoms. The number of rotatable bonds is 12. The Balaban J connectivity index is 0.979. The molecule has 1 amide bonds. The molecule has 0 bridgehead atoms. The van der Waals surface area contributed by atoms with Gasteiger partial charge in [-0.3, -0.25) is 0 Å². The Morgan fingerprint density at radius 2 is 1.77 bits per heavy atom. The van der Waals surface area contributed by atoms with Gasteiger partial charge in [-0.25, -0.2) is 36.9 Å². The molecule has 4 heterocycles. The second kappa shape index (κ2) is 15.4. The molecule has 0 radical (unpaired) electrons. The minimum absolute atomic E-state index is 0.00662. The van der Waals surface area contributed by atoms with Crippen LogP contribution in [-0.2, 0) is 26.5 Å². The van der Waals surface area contributed by atoms with Crippen LogP contribution in [0.1, 0.15) is 43.4 Å². The molecule has 4 aromatic rings. The van der Waals surface area contributed by atoms with Gasteiger partial charge in [0.2, 0.25) is 9.84 Å². The number of sulfone groups is 1. The molecule has 3 aliphatic rings. The molecule has 11 nitrogen and oxygen atoms in total. The normalized spacial score (nSPS) is 21.8. The topological polar surface area (TPSA) is 123 Å². The lowest BCUT2D eigenvalue weighted by Crippen LogP contribution is -2.57. The minimum Gasteiger partial charge on any atom is -0.453 e. The SMILES string of the molecule is COC(=O)N[C@H]1CCC[C@@H]1C(c1cccc(F)c1)(C1CCN(CC2CN(CCc3cc(S(=O)(=O)c4ccc(F)cc4)ncn3)C2)CC1)n1ccnc1. The van der Waals surface area contributed by atoms with Crippen molar-refractivity contribution in [3.05, 3.63) is 103 Å². The fourth-order valence-electron chi connectivity index (χ4n) is 8.95. The standard InChI is InChI=1S/C38H45F2N7O4S/c1-51-37(48)44-35-7-3-6-34(35)38(47-19-15-41-26-47,29-4-2-5-31(40)20-29)28-12-16-45(17-13-28)22-27-23-46(24-27)18-14-32-21-36(43-25-42-32)52(49,50)33-10-8-30(39)9-11-33/h2,4-5,8-11,15,19-21,25-28,34-35H,3,6-7,12-14,16-18,22-24H2,1H3,(H,44,48)/t34-,35-,38?/m0/s1. The number of hydrogen-bond donors (Lipinski definition) is 1. The first-order chi connectivity index (χ1) is 25.2. The summed E-state index contributed by atoms with van der Waals surface area (Å²) in [4.78, 5) is 30.1. The first-order valence-corrected chi connectivity index (χ1v) is 19.5. The van der Waals surface area contributed by atoms with E-state index in [0.29, 0.717) is 18.0 Å². The number of ether oxygens (including phenoxy) is 1. The van der Waals surface area contributed by atoms with E-state index in [2.05, 4.69) is 34.6 Å². The van der Waals surface area contributed by atoms with Crippen molar-refractivity contribution in [3.8, 4) is 0 Å². The highest BCUT2D eigenvalue weighted by Crippen LogP contribution is 2.51. The van der Waals surface area contributed by atoms with Crippen molar-refractivity contribution in [1.29, 1.82) is 0 Å². The van der Waals surface area contributed by atoms with Crippen LogP contribution in [0.15, 0.2) is 89.6 Å². The summed E-state index contributed by atoms with van der Waals surface area (Å²) >= 11 is 0. The van der Waals surface area contributed by atoms with Crippen molar-refractivity contribution in [2.24, 2.45) is 17.8 Å². The van der Waals surface area contributed by atoms with Crippen LogP contribution in [0, 0.1) is 29.4 Å². The Hall–Kier alpha value is -4.27. The van der Waals surface area contributed by atoms with Crippen molar-refractivity contribution in [2.45, 2.75) is 60.0 Å². The molecule has 7 rings (SSSR count). The number of nitrogens with zero attached hydrogens (tertiary/aromatic N) is 6. The predicted octanol–water partition coefficient (Wildman–Crippen LogP) is 4.94. The summed E-state index contributed by atoms with van der Waals surface area (Å²) in [7, 11) is -2.49. The van der Waals surface area contributed by atoms with E-state index in [1.807, 2.05) is 18.6 Å². The molecular formula is C38H45F2N7O4S. The highest BCUT2D eigenvalue weighted by atomic mass is 32.2. The largest absolute Gasteiger partial charge is 0.453 e. The molecule has 14 heteroatoms. The number of nitrogens with one attached hydrogen (secondary N) is 1. The first-order valence-electron chi connectivity index (χ1n) is 18.0. The van der Waals surface area contributed by atoms with Crippen LogP contribution < -0.4 is 5.32 Å². The first kappa shape index (κ1) is 36.1. The van der Waals surface area contributed by atoms with Gasteiger partial charge in [0.05, 0.1) is 23.9 Å². The summed E-state index contributed by atoms with van der Waals surface area (Å²) in [6, 6.07) is 13.1. The maximum absolute atomic E-state index is 15.0.